The zero-order chi connectivity index (χ0) is 10.5. The van der Waals surface area contributed by atoms with Crippen molar-refractivity contribution in [3.63, 3.8) is 0 Å². The first-order chi connectivity index (χ1) is 6.38. The molecular weight excluding hydrogens is 180 g/mol. The summed E-state index contributed by atoms with van der Waals surface area (Å²) in [5, 5.41) is 0. The molecule has 0 unspecified atom stereocenters. The van der Waals surface area contributed by atoms with E-state index in [1.807, 2.05) is 20.8 Å². The highest BCUT2D eigenvalue weighted by molar-refractivity contribution is 5.70. The van der Waals surface area contributed by atoms with Crippen molar-refractivity contribution in [2.45, 2.75) is 44.9 Å². The minimum atomic E-state index is -0.409. The van der Waals surface area contributed by atoms with E-state index in [0.29, 0.717) is 5.92 Å². The van der Waals surface area contributed by atoms with Crippen molar-refractivity contribution in [3.8, 4) is 0 Å². The van der Waals surface area contributed by atoms with Gasteiger partial charge in [0.15, 0.2) is 0 Å². The van der Waals surface area contributed by atoms with Crippen LogP contribution in [0, 0.1) is 5.92 Å². The molecule has 0 aromatic heterocycles. The average Bonchev–Trinajstić information content (AvgIpc) is 2.55. The molecule has 4 nitrogen and oxygen atoms in total. The molecule has 2 N–H and O–H groups in total. The number of carbonyl (C=O) groups is 1. The Morgan fingerprint density at radius 3 is 2.50 bits per heavy atom. The standard InChI is InChI=1S/C10H18N2O2/c1-10(2,3)14-9(13)12-5-6-4-7(12)8(6)11/h6-8H,4-5,11H2,1-3H3/t6-,7+,8+/m0/s1. The Morgan fingerprint density at radius 2 is 2.14 bits per heavy atom. The summed E-state index contributed by atoms with van der Waals surface area (Å²) >= 11 is 0. The third-order valence-electron chi connectivity index (χ3n) is 2.99. The number of nitrogens with two attached hydrogens (primary N) is 1. The molecule has 3 fully saturated rings. The van der Waals surface area contributed by atoms with Crippen LogP contribution in [0.1, 0.15) is 27.2 Å². The summed E-state index contributed by atoms with van der Waals surface area (Å²) in [6.45, 7) is 6.42. The van der Waals surface area contributed by atoms with Gasteiger partial charge < -0.3 is 15.4 Å². The smallest absolute Gasteiger partial charge is 0.410 e. The molecule has 2 aliphatic heterocycles. The minimum absolute atomic E-state index is 0.183. The molecule has 1 saturated carbocycles. The maximum absolute atomic E-state index is 11.7. The zero-order valence-corrected chi connectivity index (χ0v) is 8.99. The predicted molar refractivity (Wildman–Crippen MR) is 52.8 cm³/mol. The van der Waals surface area contributed by atoms with Gasteiger partial charge in [-0.3, -0.25) is 0 Å². The Balaban J connectivity index is 1.94. The molecule has 2 heterocycles. The maximum Gasteiger partial charge on any atom is 0.410 e. The van der Waals surface area contributed by atoms with E-state index in [-0.39, 0.29) is 18.2 Å². The number of hydrogen-bond acceptors (Lipinski definition) is 3. The number of fused-ring (bicyclic) bond motifs is 1. The van der Waals surface area contributed by atoms with Crippen LogP contribution in [0.5, 0.6) is 0 Å². The quantitative estimate of drug-likeness (QED) is 0.630. The van der Waals surface area contributed by atoms with Crippen molar-refractivity contribution in [3.05, 3.63) is 0 Å². The van der Waals surface area contributed by atoms with Gasteiger partial charge in [-0.15, -0.1) is 0 Å². The van der Waals surface area contributed by atoms with E-state index in [4.69, 9.17) is 10.5 Å². The van der Waals surface area contributed by atoms with Crippen molar-refractivity contribution in [2.75, 3.05) is 6.54 Å². The Labute approximate surface area is 84.4 Å². The Bertz CT molecular complexity index is 259. The van der Waals surface area contributed by atoms with Gasteiger partial charge in [0.1, 0.15) is 5.60 Å². The van der Waals surface area contributed by atoms with Crippen LogP contribution >= 0.6 is 0 Å². The van der Waals surface area contributed by atoms with E-state index < -0.39 is 5.60 Å². The van der Waals surface area contributed by atoms with E-state index in [1.54, 1.807) is 4.90 Å². The topological polar surface area (TPSA) is 55.6 Å². The maximum atomic E-state index is 11.7. The molecule has 1 aliphatic carbocycles. The van der Waals surface area contributed by atoms with Gasteiger partial charge in [0.25, 0.3) is 0 Å². The van der Waals surface area contributed by atoms with E-state index in [0.717, 1.165) is 13.0 Å². The van der Waals surface area contributed by atoms with Crippen molar-refractivity contribution in [2.24, 2.45) is 11.7 Å². The van der Waals surface area contributed by atoms with E-state index in [9.17, 15) is 4.79 Å². The normalized spacial score (nSPS) is 35.4. The van der Waals surface area contributed by atoms with E-state index in [1.165, 1.54) is 0 Å². The highest BCUT2D eigenvalue weighted by Gasteiger charge is 2.52. The molecule has 2 bridgehead atoms. The molecule has 2 saturated heterocycles. The van der Waals surface area contributed by atoms with Gasteiger partial charge in [-0.1, -0.05) is 0 Å². The lowest BCUT2D eigenvalue weighted by atomic mass is 9.81. The van der Waals surface area contributed by atoms with Crippen LogP contribution in [0.2, 0.25) is 0 Å². The van der Waals surface area contributed by atoms with Crippen molar-refractivity contribution in [1.82, 2.24) is 4.90 Å². The van der Waals surface area contributed by atoms with Gasteiger partial charge in [-0.25, -0.2) is 4.79 Å². The fraction of sp³-hybridized carbons (Fsp3) is 0.900. The summed E-state index contributed by atoms with van der Waals surface area (Å²) in [5.41, 5.74) is 5.46. The fourth-order valence-corrected chi connectivity index (χ4v) is 2.19. The lowest BCUT2D eigenvalue weighted by Crippen LogP contribution is -2.51. The second-order valence-electron chi connectivity index (χ2n) is 5.27. The van der Waals surface area contributed by atoms with Gasteiger partial charge in [-0.2, -0.15) is 0 Å². The van der Waals surface area contributed by atoms with Crippen LogP contribution < -0.4 is 5.73 Å². The molecular formula is C10H18N2O2. The molecule has 0 aromatic carbocycles. The van der Waals surface area contributed by atoms with Gasteiger partial charge in [-0.05, 0) is 33.1 Å². The largest absolute Gasteiger partial charge is 0.444 e. The molecule has 3 atom stereocenters. The second kappa shape index (κ2) is 2.86. The predicted octanol–water partition coefficient (Wildman–Crippen LogP) is 0.953. The van der Waals surface area contributed by atoms with Crippen molar-refractivity contribution >= 4 is 6.09 Å². The van der Waals surface area contributed by atoms with Gasteiger partial charge >= 0.3 is 6.09 Å². The van der Waals surface area contributed by atoms with Crippen LogP contribution in [-0.2, 0) is 4.74 Å². The third kappa shape index (κ3) is 1.47. The summed E-state index contributed by atoms with van der Waals surface area (Å²) in [5.74, 6) is 0.507. The van der Waals surface area contributed by atoms with Crippen molar-refractivity contribution in [1.29, 1.82) is 0 Å². The van der Waals surface area contributed by atoms with Crippen LogP contribution in [0.25, 0.3) is 0 Å². The highest BCUT2D eigenvalue weighted by Crippen LogP contribution is 2.40. The molecule has 0 radical (unpaired) electrons. The first-order valence-corrected chi connectivity index (χ1v) is 5.14. The summed E-state index contributed by atoms with van der Waals surface area (Å²) < 4.78 is 5.30. The monoisotopic (exact) mass is 198 g/mol. The summed E-state index contributed by atoms with van der Waals surface area (Å²) in [6.07, 6.45) is 0.846. The molecule has 14 heavy (non-hydrogen) atoms. The Morgan fingerprint density at radius 1 is 1.50 bits per heavy atom. The number of hydrogen-bond donors (Lipinski definition) is 1. The number of carbonyl (C=O) groups excluding carboxylic acids is 1. The van der Waals surface area contributed by atoms with E-state index >= 15 is 0 Å². The van der Waals surface area contributed by atoms with Gasteiger partial charge in [0.05, 0.1) is 6.04 Å². The number of nitrogens with zero attached hydrogens (tertiary/aromatic N) is 1. The minimum Gasteiger partial charge on any atom is -0.444 e. The molecule has 4 heteroatoms. The van der Waals surface area contributed by atoms with Crippen molar-refractivity contribution < 1.29 is 9.53 Å². The fourth-order valence-electron chi connectivity index (χ4n) is 2.19. The lowest BCUT2D eigenvalue weighted by Gasteiger charge is -2.33. The van der Waals surface area contributed by atoms with Gasteiger partial charge in [0.2, 0.25) is 0 Å². The highest BCUT2D eigenvalue weighted by atomic mass is 16.6. The summed E-state index contributed by atoms with van der Waals surface area (Å²) in [4.78, 5) is 13.5. The number of rotatable bonds is 0. The van der Waals surface area contributed by atoms with Crippen LogP contribution in [0.3, 0.4) is 0 Å². The Hall–Kier alpha value is -0.770. The molecule has 3 rings (SSSR count). The first-order valence-electron chi connectivity index (χ1n) is 5.14. The molecule has 1 amide bonds. The third-order valence-corrected chi connectivity index (χ3v) is 2.99. The SMILES string of the molecule is CC(C)(C)OC(=O)N1C[C@@H]2C[C@@H]1[C@@H]2N. The first kappa shape index (κ1) is 9.77. The molecule has 80 valence electrons. The van der Waals surface area contributed by atoms with Crippen LogP contribution in [0.4, 0.5) is 4.79 Å². The second-order valence-corrected chi connectivity index (χ2v) is 5.27. The Kier molecular flexibility index (Phi) is 2.00. The number of amides is 1. The number of ether oxygens (including phenoxy) is 1. The zero-order valence-electron chi connectivity index (χ0n) is 8.99. The summed E-state index contributed by atoms with van der Waals surface area (Å²) in [7, 11) is 0. The lowest BCUT2D eigenvalue weighted by molar-refractivity contribution is 0.0234. The molecule has 0 spiro atoms. The average molecular weight is 198 g/mol. The molecule has 3 aliphatic rings. The van der Waals surface area contributed by atoms with Crippen LogP contribution in [-0.4, -0.2) is 35.2 Å². The van der Waals surface area contributed by atoms with Crippen LogP contribution in [0.15, 0.2) is 0 Å². The summed E-state index contributed by atoms with van der Waals surface area (Å²) in [6, 6.07) is 0.414. The van der Waals surface area contributed by atoms with E-state index in [2.05, 4.69) is 0 Å². The van der Waals surface area contributed by atoms with Gasteiger partial charge in [0, 0.05) is 12.6 Å². The molecule has 0 aromatic rings.